The van der Waals surface area contributed by atoms with E-state index in [0.717, 1.165) is 19.1 Å². The Balaban J connectivity index is 0. The molecule has 0 saturated carbocycles. The van der Waals surface area contributed by atoms with Gasteiger partial charge in [0, 0.05) is 6.42 Å². The van der Waals surface area contributed by atoms with Crippen LogP contribution in [0.3, 0.4) is 0 Å². The molecule has 1 aromatic rings. The van der Waals surface area contributed by atoms with Crippen molar-refractivity contribution >= 4 is 26.0 Å². The Labute approximate surface area is 167 Å². The quantitative estimate of drug-likeness (QED) is 0.381. The Bertz CT molecular complexity index is 651. The molecule has 7 nitrogen and oxygen atoms in total. The zero-order chi connectivity index (χ0) is 14.9. The van der Waals surface area contributed by atoms with Gasteiger partial charge in [0.2, 0.25) is 0 Å². The van der Waals surface area contributed by atoms with Gasteiger partial charge in [0.1, 0.15) is 26.0 Å². The van der Waals surface area contributed by atoms with Gasteiger partial charge in [0.25, 0.3) is 0 Å². The predicted octanol–water partition coefficient (Wildman–Crippen LogP) is -6.08. The van der Waals surface area contributed by atoms with Crippen molar-refractivity contribution in [1.29, 1.82) is 0 Å². The van der Waals surface area contributed by atoms with Crippen LogP contribution in [0, 0.1) is 0 Å². The van der Waals surface area contributed by atoms with Crippen LogP contribution in [0.1, 0.15) is 18.9 Å². The molecular formula is C10H10Na2O7S2. The zero-order valence-corrected chi connectivity index (χ0v) is 17.4. The molecule has 0 aliphatic rings. The van der Waals surface area contributed by atoms with Crippen molar-refractivity contribution < 1.29 is 89.9 Å². The second kappa shape index (κ2) is 8.53. The summed E-state index contributed by atoms with van der Waals surface area (Å²) in [6.45, 7) is 0.897. The van der Waals surface area contributed by atoms with E-state index >= 15 is 0 Å². The van der Waals surface area contributed by atoms with Crippen LogP contribution in [0.25, 0.3) is 0 Å². The standard InChI is InChI=1S/C10H12O7S2.2Na/c1-8(11)7-10(18(12,13)14,19(15,16)17)9-5-3-2-4-6-9;;/h2-6H,7H2,1H3,(H,12,13,14)(H,15,16,17);;/q;2*+1/p-2. The fourth-order valence-electron chi connectivity index (χ4n) is 1.71. The number of Topliss-reactive ketones (excluding diaryl/α,β-unsaturated/α-hetero) is 1. The first-order valence-electron chi connectivity index (χ1n) is 4.98. The second-order valence-electron chi connectivity index (χ2n) is 3.91. The average Bonchev–Trinajstić information content (AvgIpc) is 2.23. The summed E-state index contributed by atoms with van der Waals surface area (Å²) >= 11 is 0. The fourth-order valence-corrected chi connectivity index (χ4v) is 4.32. The third-order valence-corrected chi connectivity index (χ3v) is 6.10. The molecule has 0 unspecified atom stereocenters. The van der Waals surface area contributed by atoms with Crippen LogP contribution < -0.4 is 59.1 Å². The van der Waals surface area contributed by atoms with Crippen LogP contribution in [0.2, 0.25) is 0 Å². The summed E-state index contributed by atoms with van der Waals surface area (Å²) in [7, 11) is -11.2. The molecule has 106 valence electrons. The molecule has 0 N–H and O–H groups in total. The molecule has 0 saturated heterocycles. The molecule has 11 heteroatoms. The van der Waals surface area contributed by atoms with Gasteiger partial charge < -0.3 is 9.11 Å². The number of hydrogen-bond acceptors (Lipinski definition) is 7. The third-order valence-electron chi connectivity index (χ3n) is 2.50. The first-order valence-corrected chi connectivity index (χ1v) is 7.80. The molecule has 0 aliphatic heterocycles. The van der Waals surface area contributed by atoms with Gasteiger partial charge in [-0.2, -0.15) is 0 Å². The van der Waals surface area contributed by atoms with E-state index < -0.39 is 42.1 Å². The van der Waals surface area contributed by atoms with Gasteiger partial charge in [0.15, 0.2) is 4.08 Å². The molecule has 0 aromatic heterocycles. The third kappa shape index (κ3) is 5.10. The van der Waals surface area contributed by atoms with Crippen LogP contribution >= 0.6 is 0 Å². The molecule has 0 radical (unpaired) electrons. The first-order chi connectivity index (χ1) is 8.52. The summed E-state index contributed by atoms with van der Waals surface area (Å²) in [6, 6.07) is 5.99. The molecule has 1 rings (SSSR count). The fraction of sp³-hybridized carbons (Fsp3) is 0.300. The second-order valence-corrected chi connectivity index (χ2v) is 7.37. The summed E-state index contributed by atoms with van der Waals surface area (Å²) in [5.41, 5.74) is -0.532. The van der Waals surface area contributed by atoms with E-state index in [1.165, 1.54) is 18.2 Å². The van der Waals surface area contributed by atoms with E-state index in [4.69, 9.17) is 0 Å². The molecule has 0 bridgehead atoms. The number of rotatable bonds is 5. The van der Waals surface area contributed by atoms with Crippen molar-refractivity contribution in [3.05, 3.63) is 35.9 Å². The SMILES string of the molecule is CC(=O)CC(c1ccccc1)(S(=O)(=O)[O-])S(=O)(=O)[O-].[Na+].[Na+]. The van der Waals surface area contributed by atoms with E-state index in [9.17, 15) is 30.7 Å². The maximum Gasteiger partial charge on any atom is 1.00 e. The van der Waals surface area contributed by atoms with Gasteiger partial charge in [0.05, 0.1) is 0 Å². The Kier molecular flexibility index (Phi) is 9.74. The molecule has 0 aliphatic carbocycles. The minimum atomic E-state index is -5.60. The summed E-state index contributed by atoms with van der Waals surface area (Å²) in [4.78, 5) is 11.1. The van der Waals surface area contributed by atoms with Crippen molar-refractivity contribution in [1.82, 2.24) is 0 Å². The Hall–Kier alpha value is 0.710. The Morgan fingerprint density at radius 2 is 1.38 bits per heavy atom. The van der Waals surface area contributed by atoms with Gasteiger partial charge in [-0.05, 0) is 12.5 Å². The van der Waals surface area contributed by atoms with Crippen LogP contribution in [-0.4, -0.2) is 31.7 Å². The molecule has 21 heavy (non-hydrogen) atoms. The van der Waals surface area contributed by atoms with Gasteiger partial charge >= 0.3 is 59.1 Å². The van der Waals surface area contributed by atoms with Crippen molar-refractivity contribution in [3.63, 3.8) is 0 Å². The summed E-state index contributed by atoms with van der Waals surface area (Å²) in [5, 5.41) is 0. The molecule has 0 amide bonds. The van der Waals surface area contributed by atoms with Gasteiger partial charge in [-0.25, -0.2) is 16.8 Å². The number of ketones is 1. The first kappa shape index (κ1) is 24.0. The van der Waals surface area contributed by atoms with E-state index in [1.54, 1.807) is 0 Å². The van der Waals surface area contributed by atoms with Crippen LogP contribution in [-0.2, 0) is 29.1 Å². The number of hydrogen-bond donors (Lipinski definition) is 0. The topological polar surface area (TPSA) is 131 Å². The minimum Gasteiger partial charge on any atom is -0.746 e. The van der Waals surface area contributed by atoms with Crippen molar-refractivity contribution in [3.8, 4) is 0 Å². The summed E-state index contributed by atoms with van der Waals surface area (Å²) < 4.78 is 64.8. The van der Waals surface area contributed by atoms with Crippen LogP contribution in [0.15, 0.2) is 30.3 Å². The average molecular weight is 352 g/mol. The molecule has 0 atom stereocenters. The monoisotopic (exact) mass is 352 g/mol. The van der Waals surface area contributed by atoms with Crippen molar-refractivity contribution in [2.75, 3.05) is 0 Å². The minimum absolute atomic E-state index is 0. The van der Waals surface area contributed by atoms with E-state index in [1.807, 2.05) is 0 Å². The van der Waals surface area contributed by atoms with Crippen LogP contribution in [0.4, 0.5) is 0 Å². The maximum atomic E-state index is 11.3. The Morgan fingerprint density at radius 3 is 1.67 bits per heavy atom. The summed E-state index contributed by atoms with van der Waals surface area (Å²) in [6.07, 6.45) is -1.21. The van der Waals surface area contributed by atoms with Gasteiger partial charge in [-0.3, -0.25) is 4.79 Å². The number of benzene rings is 1. The van der Waals surface area contributed by atoms with Crippen molar-refractivity contribution in [2.24, 2.45) is 0 Å². The van der Waals surface area contributed by atoms with E-state index in [-0.39, 0.29) is 59.1 Å². The van der Waals surface area contributed by atoms with Crippen LogP contribution in [0.5, 0.6) is 0 Å². The van der Waals surface area contributed by atoms with E-state index in [0.29, 0.717) is 0 Å². The van der Waals surface area contributed by atoms with Crippen molar-refractivity contribution in [2.45, 2.75) is 17.4 Å². The number of carbonyl (C=O) groups excluding carboxylic acids is 1. The molecule has 0 fully saturated rings. The smallest absolute Gasteiger partial charge is 0.746 e. The maximum absolute atomic E-state index is 11.3. The molecule has 0 heterocycles. The molecule has 1 aromatic carbocycles. The van der Waals surface area contributed by atoms with E-state index in [2.05, 4.69) is 0 Å². The summed E-state index contributed by atoms with van der Waals surface area (Å²) in [5.74, 6) is -0.900. The number of carbonyl (C=O) groups is 1. The predicted molar refractivity (Wildman–Crippen MR) is 62.8 cm³/mol. The van der Waals surface area contributed by atoms with Gasteiger partial charge in [-0.15, -0.1) is 0 Å². The normalized spacial score (nSPS) is 12.0. The molecule has 0 spiro atoms. The Morgan fingerprint density at radius 1 is 1.00 bits per heavy atom. The van der Waals surface area contributed by atoms with Gasteiger partial charge in [-0.1, -0.05) is 30.3 Å². The largest absolute Gasteiger partial charge is 1.00 e. The molecular weight excluding hydrogens is 342 g/mol. The zero-order valence-electron chi connectivity index (χ0n) is 11.8.